The first kappa shape index (κ1) is 23.6. The molecule has 0 aliphatic carbocycles. The summed E-state index contributed by atoms with van der Waals surface area (Å²) in [5, 5.41) is 10.7. The number of carbonyl (C=O) groups is 1. The minimum absolute atomic E-state index is 0.0834. The van der Waals surface area contributed by atoms with Crippen molar-refractivity contribution in [3.63, 3.8) is 0 Å². The Bertz CT molecular complexity index is 1110. The standard InChI is InChI=1S/C19H18BrF2N5O4S/c1-29-13-4-9(5-14(30-2)17(13)31-3)18-25-26-19(27(18)23)32-8-15(28)24-16-11(20)6-10(21)7-12(16)22/h4-7H,8,23H2,1-3H3,(H,24,28). The van der Waals surface area contributed by atoms with Crippen LogP contribution in [0.5, 0.6) is 17.2 Å². The van der Waals surface area contributed by atoms with Gasteiger partial charge in [0.15, 0.2) is 23.1 Å². The van der Waals surface area contributed by atoms with Gasteiger partial charge >= 0.3 is 0 Å². The summed E-state index contributed by atoms with van der Waals surface area (Å²) in [6.45, 7) is 0. The summed E-state index contributed by atoms with van der Waals surface area (Å²) in [5.74, 6) is 5.27. The van der Waals surface area contributed by atoms with Crippen LogP contribution in [0.3, 0.4) is 0 Å². The molecule has 0 aliphatic heterocycles. The molecule has 0 saturated carbocycles. The van der Waals surface area contributed by atoms with Crippen LogP contribution >= 0.6 is 27.7 Å². The van der Waals surface area contributed by atoms with Crippen LogP contribution in [-0.4, -0.2) is 47.9 Å². The highest BCUT2D eigenvalue weighted by Crippen LogP contribution is 2.41. The van der Waals surface area contributed by atoms with Crippen molar-refractivity contribution in [2.45, 2.75) is 5.16 Å². The molecular weight excluding hydrogens is 512 g/mol. The monoisotopic (exact) mass is 529 g/mol. The smallest absolute Gasteiger partial charge is 0.234 e. The number of aromatic nitrogens is 3. The van der Waals surface area contributed by atoms with E-state index in [1.54, 1.807) is 12.1 Å². The number of halogens is 3. The molecule has 3 aromatic rings. The van der Waals surface area contributed by atoms with E-state index < -0.39 is 17.5 Å². The van der Waals surface area contributed by atoms with Gasteiger partial charge in [0.05, 0.1) is 32.8 Å². The third-order valence-electron chi connectivity index (χ3n) is 4.19. The summed E-state index contributed by atoms with van der Waals surface area (Å²) in [6.07, 6.45) is 0. The Hall–Kier alpha value is -3.06. The Balaban J connectivity index is 1.77. The van der Waals surface area contributed by atoms with Gasteiger partial charge in [-0.05, 0) is 34.1 Å². The minimum Gasteiger partial charge on any atom is -0.493 e. The number of carbonyl (C=O) groups excluding carboxylic acids is 1. The summed E-state index contributed by atoms with van der Waals surface area (Å²) < 4.78 is 44.3. The maximum Gasteiger partial charge on any atom is 0.234 e. The number of nitrogens with two attached hydrogens (primary N) is 1. The molecule has 0 bridgehead atoms. The molecule has 1 amide bonds. The SMILES string of the molecule is COc1cc(-c2nnc(SCC(=O)Nc3c(F)cc(F)cc3Br)n2N)cc(OC)c1OC. The fourth-order valence-corrected chi connectivity index (χ4v) is 3.91. The number of thioether (sulfide) groups is 1. The van der Waals surface area contributed by atoms with Gasteiger partial charge in [-0.2, -0.15) is 0 Å². The van der Waals surface area contributed by atoms with Crippen molar-refractivity contribution >= 4 is 39.3 Å². The fourth-order valence-electron chi connectivity index (χ4n) is 2.75. The van der Waals surface area contributed by atoms with Gasteiger partial charge in [0, 0.05) is 16.1 Å². The van der Waals surface area contributed by atoms with Crippen LogP contribution in [0.25, 0.3) is 11.4 Å². The van der Waals surface area contributed by atoms with E-state index in [0.29, 0.717) is 34.7 Å². The molecule has 1 aromatic heterocycles. The van der Waals surface area contributed by atoms with E-state index in [1.165, 1.54) is 26.0 Å². The lowest BCUT2D eigenvalue weighted by molar-refractivity contribution is -0.113. The van der Waals surface area contributed by atoms with Crippen molar-refractivity contribution in [2.75, 3.05) is 38.2 Å². The normalized spacial score (nSPS) is 10.7. The molecule has 3 rings (SSSR count). The number of nitrogen functional groups attached to an aromatic ring is 1. The first-order valence-electron chi connectivity index (χ1n) is 8.87. The minimum atomic E-state index is -0.901. The number of hydrogen-bond acceptors (Lipinski definition) is 8. The highest BCUT2D eigenvalue weighted by Gasteiger charge is 2.20. The molecule has 32 heavy (non-hydrogen) atoms. The first-order valence-corrected chi connectivity index (χ1v) is 10.6. The molecular formula is C19H18BrF2N5O4S. The average molecular weight is 530 g/mol. The Kier molecular flexibility index (Phi) is 7.40. The number of anilines is 1. The first-order chi connectivity index (χ1) is 15.3. The number of ether oxygens (including phenoxy) is 3. The molecule has 0 unspecified atom stereocenters. The predicted molar refractivity (Wildman–Crippen MR) is 119 cm³/mol. The molecule has 0 atom stereocenters. The van der Waals surface area contributed by atoms with Gasteiger partial charge < -0.3 is 25.4 Å². The van der Waals surface area contributed by atoms with Gasteiger partial charge in [-0.25, -0.2) is 13.5 Å². The highest BCUT2D eigenvalue weighted by molar-refractivity contribution is 9.10. The summed E-state index contributed by atoms with van der Waals surface area (Å²) >= 11 is 4.01. The van der Waals surface area contributed by atoms with Gasteiger partial charge in [0.25, 0.3) is 0 Å². The number of amides is 1. The second-order valence-corrected chi connectivity index (χ2v) is 7.97. The van der Waals surface area contributed by atoms with Crippen molar-refractivity contribution < 1.29 is 27.8 Å². The van der Waals surface area contributed by atoms with Crippen LogP contribution < -0.4 is 25.4 Å². The summed E-state index contributed by atoms with van der Waals surface area (Å²) in [6, 6.07) is 5.04. The molecule has 2 aromatic carbocycles. The molecule has 9 nitrogen and oxygen atoms in total. The fraction of sp³-hybridized carbons (Fsp3) is 0.211. The van der Waals surface area contributed by atoms with Crippen LogP contribution in [-0.2, 0) is 4.79 Å². The molecule has 0 saturated heterocycles. The summed E-state index contributed by atoms with van der Waals surface area (Å²) in [4.78, 5) is 12.2. The molecule has 0 aliphatic rings. The van der Waals surface area contributed by atoms with E-state index in [0.717, 1.165) is 17.8 Å². The third kappa shape index (κ3) is 4.88. The number of methoxy groups -OCH3 is 3. The largest absolute Gasteiger partial charge is 0.493 e. The van der Waals surface area contributed by atoms with Crippen molar-refractivity contribution in [1.82, 2.24) is 14.9 Å². The number of nitrogens with one attached hydrogen (secondary N) is 1. The summed E-state index contributed by atoms with van der Waals surface area (Å²) in [5.41, 5.74) is 0.382. The molecule has 0 fully saturated rings. The maximum atomic E-state index is 13.9. The van der Waals surface area contributed by atoms with Crippen LogP contribution in [0.2, 0.25) is 0 Å². The topological polar surface area (TPSA) is 114 Å². The summed E-state index contributed by atoms with van der Waals surface area (Å²) in [7, 11) is 4.45. The van der Waals surface area contributed by atoms with Crippen LogP contribution in [0.1, 0.15) is 0 Å². The lowest BCUT2D eigenvalue weighted by Crippen LogP contribution is -2.17. The molecule has 0 radical (unpaired) electrons. The van der Waals surface area contributed by atoms with E-state index in [1.807, 2.05) is 0 Å². The Morgan fingerprint density at radius 3 is 2.34 bits per heavy atom. The van der Waals surface area contributed by atoms with E-state index in [2.05, 4.69) is 31.4 Å². The van der Waals surface area contributed by atoms with Gasteiger partial charge in [-0.15, -0.1) is 10.2 Å². The predicted octanol–water partition coefficient (Wildman–Crippen LogP) is 3.46. The quantitative estimate of drug-likeness (QED) is 0.337. The van der Waals surface area contributed by atoms with Crippen LogP contribution in [0.15, 0.2) is 33.9 Å². The molecule has 0 spiro atoms. The van der Waals surface area contributed by atoms with Crippen molar-refractivity contribution in [3.05, 3.63) is 40.4 Å². The van der Waals surface area contributed by atoms with Crippen LogP contribution in [0, 0.1) is 11.6 Å². The number of nitrogens with zero attached hydrogens (tertiary/aromatic N) is 3. The van der Waals surface area contributed by atoms with Crippen LogP contribution in [0.4, 0.5) is 14.5 Å². The zero-order chi connectivity index (χ0) is 23.4. The van der Waals surface area contributed by atoms with Crippen molar-refractivity contribution in [3.8, 4) is 28.6 Å². The number of hydrogen-bond donors (Lipinski definition) is 2. The molecule has 1 heterocycles. The molecule has 3 N–H and O–H groups in total. The van der Waals surface area contributed by atoms with Crippen molar-refractivity contribution in [2.24, 2.45) is 0 Å². The molecule has 13 heteroatoms. The number of benzene rings is 2. The number of rotatable bonds is 8. The van der Waals surface area contributed by atoms with E-state index in [-0.39, 0.29) is 21.1 Å². The van der Waals surface area contributed by atoms with E-state index in [4.69, 9.17) is 20.1 Å². The lowest BCUT2D eigenvalue weighted by atomic mass is 10.1. The van der Waals surface area contributed by atoms with Gasteiger partial charge in [0.1, 0.15) is 5.82 Å². The highest BCUT2D eigenvalue weighted by atomic mass is 79.9. The second-order valence-electron chi connectivity index (χ2n) is 6.17. The zero-order valence-electron chi connectivity index (χ0n) is 17.1. The van der Waals surface area contributed by atoms with Gasteiger partial charge in [-0.3, -0.25) is 4.79 Å². The van der Waals surface area contributed by atoms with Crippen molar-refractivity contribution in [1.29, 1.82) is 0 Å². The Morgan fingerprint density at radius 2 is 1.78 bits per heavy atom. The zero-order valence-corrected chi connectivity index (χ0v) is 19.5. The Labute approximate surface area is 194 Å². The van der Waals surface area contributed by atoms with Gasteiger partial charge in [0.2, 0.25) is 16.8 Å². The van der Waals surface area contributed by atoms with E-state index >= 15 is 0 Å². The molecule has 170 valence electrons. The maximum absolute atomic E-state index is 13.9. The second kappa shape index (κ2) is 10.0. The van der Waals surface area contributed by atoms with Gasteiger partial charge in [-0.1, -0.05) is 11.8 Å². The average Bonchev–Trinajstić information content (AvgIpc) is 3.13. The van der Waals surface area contributed by atoms with E-state index in [9.17, 15) is 13.6 Å². The Morgan fingerprint density at radius 1 is 1.12 bits per heavy atom. The third-order valence-corrected chi connectivity index (χ3v) is 5.76. The lowest BCUT2D eigenvalue weighted by Gasteiger charge is -2.13.